The lowest BCUT2D eigenvalue weighted by molar-refractivity contribution is 0.0386. The van der Waals surface area contributed by atoms with Crippen molar-refractivity contribution in [2.45, 2.75) is 57.8 Å². The third-order valence-electron chi connectivity index (χ3n) is 4.80. The van der Waals surface area contributed by atoms with Crippen molar-refractivity contribution in [3.05, 3.63) is 48.0 Å². The van der Waals surface area contributed by atoms with Gasteiger partial charge in [0, 0.05) is 18.8 Å². The normalized spacial score (nSPS) is 17.3. The number of furan rings is 1. The van der Waals surface area contributed by atoms with Crippen molar-refractivity contribution in [3.8, 4) is 5.88 Å². The van der Waals surface area contributed by atoms with Crippen LogP contribution >= 0.6 is 0 Å². The Bertz CT molecular complexity index is 753. The van der Waals surface area contributed by atoms with Crippen molar-refractivity contribution in [1.82, 2.24) is 15.6 Å². The summed E-state index contributed by atoms with van der Waals surface area (Å²) in [4.78, 5) is 8.93. The molecule has 0 saturated heterocycles. The van der Waals surface area contributed by atoms with Gasteiger partial charge in [-0.1, -0.05) is 0 Å². The number of hydrogen-bond donors (Lipinski definition) is 3. The molecule has 1 saturated carbocycles. The summed E-state index contributed by atoms with van der Waals surface area (Å²) < 4.78 is 11.3. The van der Waals surface area contributed by atoms with E-state index in [0.717, 1.165) is 24.9 Å². The van der Waals surface area contributed by atoms with Crippen LogP contribution in [0.1, 0.15) is 50.9 Å². The Morgan fingerprint density at radius 2 is 2.18 bits per heavy atom. The fraction of sp³-hybridized carbons (Fsp3) is 0.524. The lowest BCUT2D eigenvalue weighted by Crippen LogP contribution is -2.44. The molecule has 1 aliphatic rings. The van der Waals surface area contributed by atoms with Crippen LogP contribution < -0.4 is 15.4 Å². The average molecular weight is 386 g/mol. The molecule has 0 aromatic carbocycles. The smallest absolute Gasteiger partial charge is 0.213 e. The molecule has 7 heteroatoms. The predicted octanol–water partition coefficient (Wildman–Crippen LogP) is 2.96. The van der Waals surface area contributed by atoms with E-state index in [0.29, 0.717) is 24.1 Å². The Kier molecular flexibility index (Phi) is 6.92. The first-order valence-electron chi connectivity index (χ1n) is 9.97. The minimum Gasteiger partial charge on any atom is -0.474 e. The number of guanidine groups is 1. The highest BCUT2D eigenvalue weighted by Gasteiger charge is 2.26. The number of nitrogens with zero attached hydrogens (tertiary/aromatic N) is 2. The molecule has 3 rings (SSSR count). The Morgan fingerprint density at radius 3 is 2.89 bits per heavy atom. The van der Waals surface area contributed by atoms with Crippen LogP contribution in [0.5, 0.6) is 5.88 Å². The highest BCUT2D eigenvalue weighted by atomic mass is 16.5. The summed E-state index contributed by atoms with van der Waals surface area (Å²) in [5, 5.41) is 17.0. The molecule has 0 radical (unpaired) electrons. The topological polar surface area (TPSA) is 91.9 Å². The Hall–Kier alpha value is -2.54. The first-order chi connectivity index (χ1) is 13.6. The van der Waals surface area contributed by atoms with Crippen molar-refractivity contribution < 1.29 is 14.3 Å². The molecule has 1 unspecified atom stereocenters. The fourth-order valence-corrected chi connectivity index (χ4v) is 3.23. The third kappa shape index (κ3) is 5.73. The van der Waals surface area contributed by atoms with Crippen LogP contribution in [0.15, 0.2) is 46.1 Å². The molecule has 0 aliphatic heterocycles. The van der Waals surface area contributed by atoms with E-state index in [4.69, 9.17) is 9.15 Å². The van der Waals surface area contributed by atoms with E-state index in [-0.39, 0.29) is 12.6 Å². The fourth-order valence-electron chi connectivity index (χ4n) is 3.23. The number of aromatic nitrogens is 1. The summed E-state index contributed by atoms with van der Waals surface area (Å²) in [6, 6.07) is 7.41. The lowest BCUT2D eigenvalue weighted by Gasteiger charge is -2.22. The second-order valence-electron chi connectivity index (χ2n) is 7.33. The Morgan fingerprint density at radius 1 is 1.36 bits per heavy atom. The molecule has 3 N–H and O–H groups in total. The van der Waals surface area contributed by atoms with E-state index in [1.807, 2.05) is 19.1 Å². The zero-order valence-electron chi connectivity index (χ0n) is 16.6. The van der Waals surface area contributed by atoms with Gasteiger partial charge in [0.2, 0.25) is 5.88 Å². The molecule has 152 valence electrons. The number of hydrogen-bond acceptors (Lipinski definition) is 5. The molecule has 2 aromatic heterocycles. The highest BCUT2D eigenvalue weighted by molar-refractivity contribution is 5.79. The standard InChI is InChI=1S/C21H30N4O3/c1-3-22-20(25-15-21(2,26)18-9-6-12-27-18)24-14-16-10-11-23-19(13-16)28-17-7-4-5-8-17/h6,9-13,17,26H,3-5,7-8,14-15H2,1-2H3,(H2,22,24,25). The second kappa shape index (κ2) is 9.59. The van der Waals surface area contributed by atoms with Crippen LogP contribution in [-0.2, 0) is 12.1 Å². The van der Waals surface area contributed by atoms with E-state index < -0.39 is 5.60 Å². The molecule has 2 aromatic rings. The molecule has 28 heavy (non-hydrogen) atoms. The molecule has 0 amide bonds. The van der Waals surface area contributed by atoms with Crippen LogP contribution in [-0.4, -0.2) is 35.2 Å². The molecule has 1 atom stereocenters. The Balaban J connectivity index is 1.59. The number of rotatable bonds is 8. The number of nitrogens with one attached hydrogen (secondary N) is 2. The second-order valence-corrected chi connectivity index (χ2v) is 7.33. The summed E-state index contributed by atoms with van der Waals surface area (Å²) in [7, 11) is 0. The minimum atomic E-state index is -1.13. The highest BCUT2D eigenvalue weighted by Crippen LogP contribution is 2.23. The van der Waals surface area contributed by atoms with Gasteiger partial charge in [0.1, 0.15) is 17.5 Å². The first kappa shape index (κ1) is 20.2. The van der Waals surface area contributed by atoms with Gasteiger partial charge in [0.15, 0.2) is 5.96 Å². The zero-order valence-corrected chi connectivity index (χ0v) is 16.6. The number of ether oxygens (including phenoxy) is 1. The van der Waals surface area contributed by atoms with E-state index in [9.17, 15) is 5.11 Å². The largest absolute Gasteiger partial charge is 0.474 e. The summed E-state index contributed by atoms with van der Waals surface area (Å²) in [5.74, 6) is 1.81. The van der Waals surface area contributed by atoms with Crippen LogP contribution in [0, 0.1) is 0 Å². The maximum atomic E-state index is 10.6. The predicted molar refractivity (Wildman–Crippen MR) is 108 cm³/mol. The van der Waals surface area contributed by atoms with Crippen molar-refractivity contribution >= 4 is 5.96 Å². The van der Waals surface area contributed by atoms with E-state index >= 15 is 0 Å². The van der Waals surface area contributed by atoms with Crippen LogP contribution in [0.3, 0.4) is 0 Å². The van der Waals surface area contributed by atoms with Crippen molar-refractivity contribution in [1.29, 1.82) is 0 Å². The quantitative estimate of drug-likeness (QED) is 0.477. The molecule has 1 fully saturated rings. The maximum Gasteiger partial charge on any atom is 0.213 e. The summed E-state index contributed by atoms with van der Waals surface area (Å²) in [6.45, 7) is 5.20. The van der Waals surface area contributed by atoms with E-state index in [2.05, 4.69) is 20.6 Å². The van der Waals surface area contributed by atoms with Crippen LogP contribution in [0.2, 0.25) is 0 Å². The maximum absolute atomic E-state index is 10.6. The molecule has 2 heterocycles. The molecular formula is C21H30N4O3. The summed E-state index contributed by atoms with van der Waals surface area (Å²) >= 11 is 0. The minimum absolute atomic E-state index is 0.277. The van der Waals surface area contributed by atoms with Crippen LogP contribution in [0.25, 0.3) is 0 Å². The van der Waals surface area contributed by atoms with Crippen LogP contribution in [0.4, 0.5) is 0 Å². The summed E-state index contributed by atoms with van der Waals surface area (Å²) in [6.07, 6.45) is 8.27. The van der Waals surface area contributed by atoms with Gasteiger partial charge in [0.25, 0.3) is 0 Å². The number of aliphatic hydroxyl groups is 1. The first-order valence-corrected chi connectivity index (χ1v) is 9.97. The van der Waals surface area contributed by atoms with Gasteiger partial charge >= 0.3 is 0 Å². The van der Waals surface area contributed by atoms with E-state index in [1.165, 1.54) is 12.8 Å². The number of pyridine rings is 1. The van der Waals surface area contributed by atoms with Crippen molar-refractivity contribution in [2.75, 3.05) is 13.1 Å². The van der Waals surface area contributed by atoms with Crippen molar-refractivity contribution in [3.63, 3.8) is 0 Å². The molecule has 0 bridgehead atoms. The monoisotopic (exact) mass is 386 g/mol. The molecule has 1 aliphatic carbocycles. The average Bonchev–Trinajstić information content (AvgIpc) is 3.39. The lowest BCUT2D eigenvalue weighted by atomic mass is 10.0. The molecule has 0 spiro atoms. The van der Waals surface area contributed by atoms with E-state index in [1.54, 1.807) is 31.5 Å². The van der Waals surface area contributed by atoms with Crippen molar-refractivity contribution in [2.24, 2.45) is 4.99 Å². The number of aliphatic imine (C=N–C) groups is 1. The van der Waals surface area contributed by atoms with Gasteiger partial charge in [0.05, 0.1) is 19.4 Å². The summed E-state index contributed by atoms with van der Waals surface area (Å²) in [5.41, 5.74) is -0.100. The molecule has 7 nitrogen and oxygen atoms in total. The zero-order chi connectivity index (χ0) is 19.8. The van der Waals surface area contributed by atoms with Gasteiger partial charge < -0.3 is 24.9 Å². The SMILES string of the molecule is CCNC(=NCc1ccnc(OC2CCCC2)c1)NCC(C)(O)c1ccco1. The van der Waals surface area contributed by atoms with Gasteiger partial charge in [-0.3, -0.25) is 0 Å². The molecular weight excluding hydrogens is 356 g/mol. The Labute approximate surface area is 166 Å². The van der Waals surface area contributed by atoms with Gasteiger partial charge in [-0.05, 0) is 63.3 Å². The van der Waals surface area contributed by atoms with Gasteiger partial charge in [-0.2, -0.15) is 0 Å². The third-order valence-corrected chi connectivity index (χ3v) is 4.80. The van der Waals surface area contributed by atoms with Gasteiger partial charge in [-0.25, -0.2) is 9.98 Å². The van der Waals surface area contributed by atoms with Gasteiger partial charge in [-0.15, -0.1) is 0 Å².